The van der Waals surface area contributed by atoms with Crippen LogP contribution in [0.1, 0.15) is 19.4 Å². The summed E-state index contributed by atoms with van der Waals surface area (Å²) in [6, 6.07) is 4.85. The number of amides is 1. The Balaban J connectivity index is 2.03. The van der Waals surface area contributed by atoms with Crippen LogP contribution in [0, 0.1) is 0 Å². The third-order valence-electron chi connectivity index (χ3n) is 3.49. The highest BCUT2D eigenvalue weighted by atomic mass is 32.2. The van der Waals surface area contributed by atoms with Crippen LogP contribution in [0.5, 0.6) is 11.5 Å². The molecular formula is C15H17N3O5S. The van der Waals surface area contributed by atoms with Crippen LogP contribution in [0.15, 0.2) is 34.4 Å². The summed E-state index contributed by atoms with van der Waals surface area (Å²) >= 11 is 0. The average molecular weight is 351 g/mol. The Hall–Kier alpha value is -2.55. The number of rotatable bonds is 3. The van der Waals surface area contributed by atoms with E-state index < -0.39 is 16.1 Å². The second-order valence-electron chi connectivity index (χ2n) is 5.65. The highest BCUT2D eigenvalue weighted by Gasteiger charge is 2.30. The lowest BCUT2D eigenvalue weighted by Crippen LogP contribution is -2.40. The Kier molecular flexibility index (Phi) is 3.96. The first-order chi connectivity index (χ1) is 11.3. The van der Waals surface area contributed by atoms with E-state index in [1.165, 1.54) is 13.1 Å². The molecule has 0 bridgehead atoms. The van der Waals surface area contributed by atoms with Crippen LogP contribution in [0.4, 0.5) is 0 Å². The Labute approximate surface area is 140 Å². The predicted octanol–water partition coefficient (Wildman–Crippen LogP) is 0.803. The zero-order valence-corrected chi connectivity index (χ0v) is 14.3. The minimum absolute atomic E-state index is 0.00590. The van der Waals surface area contributed by atoms with Gasteiger partial charge in [-0.25, -0.2) is 4.31 Å². The molecule has 0 saturated carbocycles. The maximum Gasteiger partial charge on any atom is 0.345 e. The molecule has 2 aliphatic heterocycles. The molecule has 0 atom stereocenters. The summed E-state index contributed by atoms with van der Waals surface area (Å²) in [4.78, 5) is 12.3. The molecule has 3 rings (SSSR count). The average Bonchev–Trinajstić information content (AvgIpc) is 2.96. The Bertz CT molecular complexity index is 858. The van der Waals surface area contributed by atoms with Gasteiger partial charge in [0.15, 0.2) is 11.5 Å². The van der Waals surface area contributed by atoms with Crippen molar-refractivity contribution in [3.05, 3.63) is 35.5 Å². The number of hydrogen-bond acceptors (Lipinski definition) is 5. The van der Waals surface area contributed by atoms with Gasteiger partial charge < -0.3 is 14.8 Å². The first-order valence-corrected chi connectivity index (χ1v) is 8.69. The van der Waals surface area contributed by atoms with E-state index in [0.717, 1.165) is 4.31 Å². The second-order valence-corrected chi connectivity index (χ2v) is 7.27. The van der Waals surface area contributed by atoms with Gasteiger partial charge in [-0.2, -0.15) is 8.42 Å². The maximum atomic E-state index is 12.3. The van der Waals surface area contributed by atoms with Crippen molar-refractivity contribution in [1.82, 2.24) is 9.62 Å². The van der Waals surface area contributed by atoms with Gasteiger partial charge in [0.05, 0.1) is 5.71 Å². The molecule has 1 aromatic rings. The summed E-state index contributed by atoms with van der Waals surface area (Å²) in [5.41, 5.74) is 0.692. The topological polar surface area (TPSA) is 97.3 Å². The fraction of sp³-hybridized carbons (Fsp3) is 0.333. The fourth-order valence-electron chi connectivity index (χ4n) is 2.29. The molecule has 0 saturated heterocycles. The largest absolute Gasteiger partial charge is 0.454 e. The monoisotopic (exact) mass is 351 g/mol. The van der Waals surface area contributed by atoms with Gasteiger partial charge in [-0.05, 0) is 38.1 Å². The van der Waals surface area contributed by atoms with Crippen molar-refractivity contribution in [1.29, 1.82) is 0 Å². The van der Waals surface area contributed by atoms with Gasteiger partial charge in [0, 0.05) is 18.7 Å². The quantitative estimate of drug-likeness (QED) is 0.869. The number of carbonyl (C=O) groups is 1. The number of ether oxygens (including phenoxy) is 2. The Morgan fingerprint density at radius 2 is 2.00 bits per heavy atom. The third-order valence-corrected chi connectivity index (χ3v) is 4.81. The lowest BCUT2D eigenvalue weighted by molar-refractivity contribution is -0.118. The molecule has 9 heteroatoms. The van der Waals surface area contributed by atoms with E-state index in [1.54, 1.807) is 32.0 Å². The van der Waals surface area contributed by atoms with E-state index in [9.17, 15) is 13.2 Å². The number of allylic oxidation sites excluding steroid dienone is 1. The van der Waals surface area contributed by atoms with Gasteiger partial charge in [0.25, 0.3) is 5.91 Å². The molecule has 0 fully saturated rings. The van der Waals surface area contributed by atoms with Crippen LogP contribution in [0.2, 0.25) is 0 Å². The summed E-state index contributed by atoms with van der Waals surface area (Å²) in [6.07, 6.45) is 1.44. The minimum atomic E-state index is -3.98. The Morgan fingerprint density at radius 3 is 2.71 bits per heavy atom. The predicted molar refractivity (Wildman–Crippen MR) is 87.1 cm³/mol. The van der Waals surface area contributed by atoms with Crippen molar-refractivity contribution in [3.63, 3.8) is 0 Å². The molecule has 0 unspecified atom stereocenters. The van der Waals surface area contributed by atoms with E-state index in [4.69, 9.17) is 9.47 Å². The zero-order valence-electron chi connectivity index (χ0n) is 13.4. The summed E-state index contributed by atoms with van der Waals surface area (Å²) in [5.74, 6) is 0.606. The molecule has 1 amide bonds. The normalized spacial score (nSPS) is 18.2. The van der Waals surface area contributed by atoms with Crippen LogP contribution in [0.25, 0.3) is 0 Å². The number of nitrogens with one attached hydrogen (secondary N) is 1. The molecular weight excluding hydrogens is 334 g/mol. The van der Waals surface area contributed by atoms with E-state index in [2.05, 4.69) is 9.71 Å². The molecule has 2 heterocycles. The smallest absolute Gasteiger partial charge is 0.345 e. The summed E-state index contributed by atoms with van der Waals surface area (Å²) in [7, 11) is -2.69. The third kappa shape index (κ3) is 2.94. The van der Waals surface area contributed by atoms with Gasteiger partial charge in [-0.1, -0.05) is 0 Å². The number of hydrogen-bond donors (Lipinski definition) is 1. The van der Waals surface area contributed by atoms with E-state index in [-0.39, 0.29) is 24.2 Å². The van der Waals surface area contributed by atoms with Gasteiger partial charge in [-0.15, -0.1) is 4.40 Å². The summed E-state index contributed by atoms with van der Waals surface area (Å²) in [5, 5.41) is 2.68. The SMILES string of the molecule is CC(C)NC(=O)C1=CC(c2ccc3c(c2)OCO3)=NS(=O)(=O)N1C. The molecule has 24 heavy (non-hydrogen) atoms. The van der Waals surface area contributed by atoms with E-state index >= 15 is 0 Å². The molecule has 8 nitrogen and oxygen atoms in total. The Morgan fingerprint density at radius 1 is 1.29 bits per heavy atom. The highest BCUT2D eigenvalue weighted by molar-refractivity contribution is 7.88. The van der Waals surface area contributed by atoms with Crippen molar-refractivity contribution in [2.45, 2.75) is 19.9 Å². The standard InChI is InChI=1S/C15H17N3O5S/c1-9(2)16-15(19)12-7-11(17-24(20,21)18(12)3)10-4-5-13-14(6-10)23-8-22-13/h4-7,9H,8H2,1-3H3,(H,16,19). The van der Waals surface area contributed by atoms with Crippen LogP contribution < -0.4 is 14.8 Å². The molecule has 2 aliphatic rings. The molecule has 0 spiro atoms. The molecule has 0 aliphatic carbocycles. The van der Waals surface area contributed by atoms with Gasteiger partial charge in [0.1, 0.15) is 5.70 Å². The molecule has 1 aromatic carbocycles. The second kappa shape index (κ2) is 5.82. The number of likely N-dealkylation sites (N-methyl/N-ethyl adjacent to an activating group) is 1. The molecule has 0 radical (unpaired) electrons. The van der Waals surface area contributed by atoms with Crippen molar-refractivity contribution in [3.8, 4) is 11.5 Å². The zero-order chi connectivity index (χ0) is 17.5. The van der Waals surface area contributed by atoms with Crippen molar-refractivity contribution in [2.24, 2.45) is 4.40 Å². The van der Waals surface area contributed by atoms with Crippen LogP contribution in [-0.2, 0) is 15.0 Å². The van der Waals surface area contributed by atoms with Crippen molar-refractivity contribution < 1.29 is 22.7 Å². The fourth-order valence-corrected chi connectivity index (χ4v) is 3.21. The van der Waals surface area contributed by atoms with Crippen LogP contribution in [0.3, 0.4) is 0 Å². The van der Waals surface area contributed by atoms with Crippen molar-refractivity contribution in [2.75, 3.05) is 13.8 Å². The minimum Gasteiger partial charge on any atom is -0.454 e. The van der Waals surface area contributed by atoms with Gasteiger partial charge in [0.2, 0.25) is 6.79 Å². The number of fused-ring (bicyclic) bond motifs is 1. The molecule has 128 valence electrons. The van der Waals surface area contributed by atoms with Crippen LogP contribution in [-0.4, -0.2) is 44.2 Å². The van der Waals surface area contributed by atoms with Crippen molar-refractivity contribution >= 4 is 21.8 Å². The number of benzene rings is 1. The summed E-state index contributed by atoms with van der Waals surface area (Å²) < 4.78 is 39.7. The molecule has 1 N–H and O–H groups in total. The van der Waals surface area contributed by atoms with E-state index in [1.807, 2.05) is 0 Å². The van der Waals surface area contributed by atoms with Gasteiger partial charge in [-0.3, -0.25) is 4.79 Å². The maximum absolute atomic E-state index is 12.3. The first kappa shape index (κ1) is 16.3. The lowest BCUT2D eigenvalue weighted by Gasteiger charge is -2.24. The lowest BCUT2D eigenvalue weighted by atomic mass is 10.1. The van der Waals surface area contributed by atoms with E-state index in [0.29, 0.717) is 17.1 Å². The van der Waals surface area contributed by atoms with Gasteiger partial charge >= 0.3 is 10.2 Å². The van der Waals surface area contributed by atoms with Crippen LogP contribution >= 0.6 is 0 Å². The molecule has 0 aromatic heterocycles. The highest BCUT2D eigenvalue weighted by Crippen LogP contribution is 2.33. The summed E-state index contributed by atoms with van der Waals surface area (Å²) in [6.45, 7) is 3.70. The first-order valence-electron chi connectivity index (χ1n) is 7.29. The number of nitrogens with zero attached hydrogens (tertiary/aromatic N) is 2. The number of carbonyl (C=O) groups excluding carboxylic acids is 1.